The monoisotopic (exact) mass is 693 g/mol. The number of imidazole rings is 1. The predicted octanol–water partition coefficient (Wildman–Crippen LogP) is 6.41. The van der Waals surface area contributed by atoms with E-state index in [1.165, 1.54) is 7.11 Å². The second-order valence-corrected chi connectivity index (χ2v) is 13.7. The molecule has 3 heterocycles. The van der Waals surface area contributed by atoms with Crippen molar-refractivity contribution >= 4 is 34.8 Å². The van der Waals surface area contributed by atoms with E-state index in [1.54, 1.807) is 12.1 Å². The molecule has 3 aromatic carbocycles. The summed E-state index contributed by atoms with van der Waals surface area (Å²) in [5.41, 5.74) is 6.75. The topological polar surface area (TPSA) is 92.1 Å². The first-order valence-electron chi connectivity index (χ1n) is 16.2. The van der Waals surface area contributed by atoms with Crippen LogP contribution in [0.4, 0.5) is 10.1 Å². The smallest absolute Gasteiger partial charge is 0.291 e. The van der Waals surface area contributed by atoms with Gasteiger partial charge in [-0.2, -0.15) is 4.39 Å². The van der Waals surface area contributed by atoms with Crippen molar-refractivity contribution in [3.8, 4) is 22.6 Å². The zero-order chi connectivity index (χ0) is 33.7. The molecule has 0 bridgehead atoms. The van der Waals surface area contributed by atoms with Crippen molar-refractivity contribution in [2.75, 3.05) is 39.1 Å². The van der Waals surface area contributed by atoms with Crippen LogP contribution in [0.2, 0.25) is 10.0 Å². The lowest BCUT2D eigenvalue weighted by Gasteiger charge is -2.22. The van der Waals surface area contributed by atoms with Crippen molar-refractivity contribution in [1.29, 1.82) is 0 Å². The van der Waals surface area contributed by atoms with E-state index in [2.05, 4.69) is 15.2 Å². The van der Waals surface area contributed by atoms with Crippen molar-refractivity contribution in [2.24, 2.45) is 7.05 Å². The minimum atomic E-state index is -0.642. The number of halogens is 3. The molecule has 1 aliphatic carbocycles. The second kappa shape index (κ2) is 13.3. The molecule has 2 atom stereocenters. The van der Waals surface area contributed by atoms with Crippen molar-refractivity contribution in [3.05, 3.63) is 92.2 Å². The molecule has 2 aliphatic heterocycles. The van der Waals surface area contributed by atoms with Crippen molar-refractivity contribution in [2.45, 2.75) is 51.0 Å². The minimum absolute atomic E-state index is 0.0488. The third kappa shape index (κ3) is 6.05. The maximum Gasteiger partial charge on any atom is 0.291 e. The first kappa shape index (κ1) is 32.9. The number of β-amino-alcohol motifs (C(OH)–C–C–N with tert-alkyl or cyclic N) is 1. The first-order chi connectivity index (χ1) is 23.1. The second-order valence-electron chi connectivity index (χ2n) is 12.9. The van der Waals surface area contributed by atoms with Gasteiger partial charge in [-0.1, -0.05) is 53.5 Å². The number of hydrogen-bond donors (Lipinski definition) is 2. The van der Waals surface area contributed by atoms with Gasteiger partial charge in [0.2, 0.25) is 5.82 Å². The Kier molecular flexibility index (Phi) is 9.12. The van der Waals surface area contributed by atoms with E-state index in [-0.39, 0.29) is 28.5 Å². The number of rotatable bonds is 8. The Bertz CT molecular complexity index is 1900. The number of carbonyl (C=O) groups is 1. The number of ether oxygens (including phenoxy) is 2. The summed E-state index contributed by atoms with van der Waals surface area (Å²) in [4.78, 5) is 22.3. The highest BCUT2D eigenvalue weighted by molar-refractivity contribution is 6.36. The average Bonchev–Trinajstić information content (AvgIpc) is 3.76. The number of likely N-dealkylation sites (tertiary alicyclic amines) is 1. The Morgan fingerprint density at radius 3 is 2.65 bits per heavy atom. The Hall–Kier alpha value is -3.67. The molecule has 2 unspecified atom stereocenters. The maximum atomic E-state index is 15.9. The molecule has 1 aromatic heterocycles. The van der Waals surface area contributed by atoms with E-state index >= 15 is 4.39 Å². The van der Waals surface area contributed by atoms with Gasteiger partial charge in [-0.25, -0.2) is 4.98 Å². The number of hydrogen-bond acceptors (Lipinski definition) is 7. The van der Waals surface area contributed by atoms with Gasteiger partial charge < -0.3 is 29.4 Å². The maximum absolute atomic E-state index is 15.9. The fraction of sp³-hybridized carbons (Fsp3) is 0.389. The standard InChI is InChI=1S/C36H38Cl2FN5O4/c1-42-14-13-29-28(19-42)40-35(43(29)2)36(46)41-27-9-5-8-25(31(27)38)22-6-4-7-24-23(22)10-11-30(24)48-34-26(37)16-20(33(47-3)32(34)39)17-44-15-12-21(45)18-44/h4-9,16,21,30,45H,10-15,17-19H2,1-3H3,(H,41,46). The van der Waals surface area contributed by atoms with Crippen LogP contribution >= 0.6 is 23.2 Å². The zero-order valence-corrected chi connectivity index (χ0v) is 28.7. The number of nitrogens with zero attached hydrogens (tertiary/aromatic N) is 4. The quantitative estimate of drug-likeness (QED) is 0.220. The molecule has 1 saturated heterocycles. The summed E-state index contributed by atoms with van der Waals surface area (Å²) >= 11 is 13.6. The third-order valence-electron chi connectivity index (χ3n) is 9.72. The van der Waals surface area contributed by atoms with E-state index < -0.39 is 11.9 Å². The Balaban J connectivity index is 1.13. The summed E-state index contributed by atoms with van der Waals surface area (Å²) in [5, 5.41) is 13.5. The molecule has 9 nitrogen and oxygen atoms in total. The van der Waals surface area contributed by atoms with Gasteiger partial charge >= 0.3 is 0 Å². The largest absolute Gasteiger partial charge is 0.493 e. The van der Waals surface area contributed by atoms with Crippen LogP contribution in [0, 0.1) is 5.82 Å². The van der Waals surface area contributed by atoms with Crippen LogP contribution in [-0.2, 0) is 33.0 Å². The SMILES string of the molecule is COc1c(CN2CCC(O)C2)cc(Cl)c(OC2CCc3c(-c4cccc(NC(=O)c5nc6c(n5C)CCN(C)C6)c4Cl)cccc32)c1F. The number of benzene rings is 3. The van der Waals surface area contributed by atoms with Crippen LogP contribution in [0.1, 0.15) is 57.6 Å². The number of methoxy groups -OCH3 is 1. The van der Waals surface area contributed by atoms with Gasteiger partial charge in [-0.15, -0.1) is 0 Å². The van der Waals surface area contributed by atoms with Gasteiger partial charge in [0.05, 0.1) is 34.6 Å². The number of aromatic nitrogens is 2. The lowest BCUT2D eigenvalue weighted by Crippen LogP contribution is -2.27. The highest BCUT2D eigenvalue weighted by Gasteiger charge is 2.31. The average molecular weight is 695 g/mol. The Morgan fingerprint density at radius 2 is 1.88 bits per heavy atom. The number of carbonyl (C=O) groups excluding carboxylic acids is 1. The number of nitrogens with one attached hydrogen (secondary N) is 1. The van der Waals surface area contributed by atoms with Gasteiger partial charge in [0.25, 0.3) is 5.91 Å². The predicted molar refractivity (Wildman–Crippen MR) is 184 cm³/mol. The molecule has 1 fully saturated rings. The lowest BCUT2D eigenvalue weighted by atomic mass is 9.96. The van der Waals surface area contributed by atoms with Gasteiger partial charge in [0.15, 0.2) is 17.3 Å². The number of fused-ring (bicyclic) bond motifs is 2. The van der Waals surface area contributed by atoms with Crippen LogP contribution in [0.3, 0.4) is 0 Å². The molecule has 1 amide bonds. The highest BCUT2D eigenvalue weighted by atomic mass is 35.5. The fourth-order valence-electron chi connectivity index (χ4n) is 7.29. The fourth-order valence-corrected chi connectivity index (χ4v) is 7.82. The molecule has 3 aliphatic rings. The van der Waals surface area contributed by atoms with E-state index in [0.29, 0.717) is 67.5 Å². The van der Waals surface area contributed by atoms with Crippen LogP contribution in [0.25, 0.3) is 11.1 Å². The molecule has 48 heavy (non-hydrogen) atoms. The summed E-state index contributed by atoms with van der Waals surface area (Å²) in [6.45, 7) is 3.27. The third-order valence-corrected chi connectivity index (χ3v) is 10.4. The molecule has 7 rings (SSSR count). The molecule has 0 saturated carbocycles. The van der Waals surface area contributed by atoms with Gasteiger partial charge in [-0.05, 0) is 55.1 Å². The zero-order valence-electron chi connectivity index (χ0n) is 27.2. The molecule has 12 heteroatoms. The number of aliphatic hydroxyl groups excluding tert-OH is 1. The van der Waals surface area contributed by atoms with Gasteiger partial charge in [0.1, 0.15) is 6.10 Å². The molecular formula is C36H38Cl2FN5O4. The molecule has 0 radical (unpaired) electrons. The summed E-state index contributed by atoms with van der Waals surface area (Å²) in [7, 11) is 5.35. The summed E-state index contributed by atoms with van der Waals surface area (Å²) in [6, 6.07) is 13.2. The normalized spacial score (nSPS) is 19.3. The Labute approximate surface area is 289 Å². The number of anilines is 1. The first-order valence-corrected chi connectivity index (χ1v) is 17.0. The summed E-state index contributed by atoms with van der Waals surface area (Å²) in [6.07, 6.45) is 1.99. The van der Waals surface area contributed by atoms with E-state index in [1.807, 2.05) is 53.9 Å². The Morgan fingerprint density at radius 1 is 1.08 bits per heavy atom. The van der Waals surface area contributed by atoms with Crippen LogP contribution in [0.5, 0.6) is 11.5 Å². The number of amides is 1. The van der Waals surface area contributed by atoms with Crippen LogP contribution in [0.15, 0.2) is 42.5 Å². The van der Waals surface area contributed by atoms with Crippen molar-refractivity contribution in [3.63, 3.8) is 0 Å². The highest BCUT2D eigenvalue weighted by Crippen LogP contribution is 2.46. The molecule has 2 N–H and O–H groups in total. The number of likely N-dealkylation sites (N-methyl/N-ethyl adjacent to an activating group) is 1. The van der Waals surface area contributed by atoms with Crippen LogP contribution < -0.4 is 14.8 Å². The summed E-state index contributed by atoms with van der Waals surface area (Å²) in [5.74, 6) is -0.573. The van der Waals surface area contributed by atoms with E-state index in [9.17, 15) is 9.90 Å². The van der Waals surface area contributed by atoms with Crippen molar-refractivity contribution in [1.82, 2.24) is 19.4 Å². The molecule has 0 spiro atoms. The van der Waals surface area contributed by atoms with Crippen molar-refractivity contribution < 1.29 is 23.8 Å². The summed E-state index contributed by atoms with van der Waals surface area (Å²) < 4.78 is 29.5. The van der Waals surface area contributed by atoms with Crippen LogP contribution in [-0.4, -0.2) is 70.3 Å². The van der Waals surface area contributed by atoms with Gasteiger partial charge in [0, 0.05) is 63.0 Å². The molecule has 4 aromatic rings. The van der Waals surface area contributed by atoms with E-state index in [0.717, 1.165) is 46.6 Å². The number of aliphatic hydroxyl groups is 1. The van der Waals surface area contributed by atoms with E-state index in [4.69, 9.17) is 32.7 Å². The molecule has 252 valence electrons. The molecular weight excluding hydrogens is 656 g/mol. The lowest BCUT2D eigenvalue weighted by molar-refractivity contribution is 0.101. The minimum Gasteiger partial charge on any atom is -0.493 e. The van der Waals surface area contributed by atoms with Gasteiger partial charge in [-0.3, -0.25) is 9.69 Å².